The van der Waals surface area contributed by atoms with Crippen LogP contribution >= 0.6 is 0 Å². The second-order valence-electron chi connectivity index (χ2n) is 6.19. The van der Waals surface area contributed by atoms with E-state index in [9.17, 15) is 4.79 Å². The van der Waals surface area contributed by atoms with Crippen LogP contribution in [0.5, 0.6) is 0 Å². The second-order valence-corrected chi connectivity index (χ2v) is 6.19. The summed E-state index contributed by atoms with van der Waals surface area (Å²) >= 11 is 0. The van der Waals surface area contributed by atoms with Gasteiger partial charge in [-0.05, 0) is 19.3 Å². The standard InChI is InChI=1S/C15H28N4O2/c1-10(2)9-12(5)21-15(20)16-8-7-13-17-14(11(3)4)18-19(13)6/h10-12H,7-9H2,1-6H3,(H,16,20). The molecule has 1 N–H and O–H groups in total. The van der Waals surface area contributed by atoms with Crippen LogP contribution in [0.1, 0.15) is 58.6 Å². The van der Waals surface area contributed by atoms with Gasteiger partial charge in [0.15, 0.2) is 5.82 Å². The molecule has 0 aliphatic rings. The van der Waals surface area contributed by atoms with Gasteiger partial charge in [0.1, 0.15) is 11.9 Å². The fraction of sp³-hybridized carbons (Fsp3) is 0.800. The van der Waals surface area contributed by atoms with Crippen LogP contribution in [0.3, 0.4) is 0 Å². The molecule has 0 aromatic carbocycles. The van der Waals surface area contributed by atoms with Gasteiger partial charge in [0.2, 0.25) is 0 Å². The van der Waals surface area contributed by atoms with Crippen molar-refractivity contribution in [1.29, 1.82) is 0 Å². The topological polar surface area (TPSA) is 69.0 Å². The Morgan fingerprint density at radius 3 is 2.48 bits per heavy atom. The number of rotatable bonds is 7. The summed E-state index contributed by atoms with van der Waals surface area (Å²) in [6.07, 6.45) is 1.08. The highest BCUT2D eigenvalue weighted by Gasteiger charge is 2.12. The van der Waals surface area contributed by atoms with E-state index in [1.165, 1.54) is 0 Å². The van der Waals surface area contributed by atoms with Crippen molar-refractivity contribution in [3.63, 3.8) is 0 Å². The molecule has 120 valence electrons. The van der Waals surface area contributed by atoms with Gasteiger partial charge >= 0.3 is 6.09 Å². The van der Waals surface area contributed by atoms with Gasteiger partial charge in [0, 0.05) is 25.9 Å². The zero-order chi connectivity index (χ0) is 16.0. The van der Waals surface area contributed by atoms with Gasteiger partial charge in [-0.2, -0.15) is 5.10 Å². The van der Waals surface area contributed by atoms with Crippen molar-refractivity contribution < 1.29 is 9.53 Å². The molecule has 0 spiro atoms. The van der Waals surface area contributed by atoms with E-state index in [0.29, 0.717) is 24.8 Å². The van der Waals surface area contributed by atoms with E-state index in [0.717, 1.165) is 18.1 Å². The van der Waals surface area contributed by atoms with Crippen LogP contribution in [0.15, 0.2) is 0 Å². The van der Waals surface area contributed by atoms with E-state index < -0.39 is 0 Å². The van der Waals surface area contributed by atoms with E-state index >= 15 is 0 Å². The van der Waals surface area contributed by atoms with E-state index in [-0.39, 0.29) is 12.2 Å². The lowest BCUT2D eigenvalue weighted by molar-refractivity contribution is 0.0955. The Morgan fingerprint density at radius 2 is 1.95 bits per heavy atom. The van der Waals surface area contributed by atoms with Crippen molar-refractivity contribution >= 4 is 6.09 Å². The van der Waals surface area contributed by atoms with Gasteiger partial charge in [-0.15, -0.1) is 0 Å². The number of aryl methyl sites for hydroxylation is 1. The highest BCUT2D eigenvalue weighted by atomic mass is 16.6. The molecular formula is C15H28N4O2. The molecule has 0 saturated heterocycles. The zero-order valence-electron chi connectivity index (χ0n) is 14.0. The summed E-state index contributed by atoms with van der Waals surface area (Å²) in [5, 5.41) is 7.11. The number of ether oxygens (including phenoxy) is 1. The van der Waals surface area contributed by atoms with E-state index in [4.69, 9.17) is 4.74 Å². The minimum Gasteiger partial charge on any atom is -0.447 e. The molecule has 1 rings (SSSR count). The minimum absolute atomic E-state index is 0.0626. The molecule has 0 saturated carbocycles. The molecule has 0 aliphatic heterocycles. The van der Waals surface area contributed by atoms with Crippen molar-refractivity contribution in [3.05, 3.63) is 11.6 Å². The molecule has 6 heteroatoms. The summed E-state index contributed by atoms with van der Waals surface area (Å²) in [4.78, 5) is 16.1. The Bertz CT molecular complexity index is 455. The van der Waals surface area contributed by atoms with Crippen molar-refractivity contribution in [2.24, 2.45) is 13.0 Å². The van der Waals surface area contributed by atoms with Crippen LogP contribution in [0.2, 0.25) is 0 Å². The van der Waals surface area contributed by atoms with Gasteiger partial charge in [-0.3, -0.25) is 4.68 Å². The van der Waals surface area contributed by atoms with Crippen molar-refractivity contribution in [1.82, 2.24) is 20.1 Å². The van der Waals surface area contributed by atoms with Gasteiger partial charge in [-0.1, -0.05) is 27.7 Å². The Kier molecular flexibility index (Phi) is 6.65. The molecule has 0 bridgehead atoms. The molecule has 1 unspecified atom stereocenters. The Labute approximate surface area is 127 Å². The molecule has 1 amide bonds. The number of carbonyl (C=O) groups is 1. The first kappa shape index (κ1) is 17.5. The summed E-state index contributed by atoms with van der Waals surface area (Å²) in [7, 11) is 1.87. The van der Waals surface area contributed by atoms with Crippen LogP contribution in [0.4, 0.5) is 4.79 Å². The normalized spacial score (nSPS) is 12.8. The van der Waals surface area contributed by atoms with E-state index in [2.05, 4.69) is 43.1 Å². The molecule has 1 aromatic heterocycles. The summed E-state index contributed by atoms with van der Waals surface area (Å²) in [5.74, 6) is 2.52. The maximum atomic E-state index is 11.6. The highest BCUT2D eigenvalue weighted by molar-refractivity contribution is 5.67. The Hall–Kier alpha value is -1.59. The third-order valence-electron chi connectivity index (χ3n) is 3.12. The predicted molar refractivity (Wildman–Crippen MR) is 82.2 cm³/mol. The number of hydrogen-bond acceptors (Lipinski definition) is 4. The molecular weight excluding hydrogens is 268 g/mol. The van der Waals surface area contributed by atoms with Gasteiger partial charge in [0.05, 0.1) is 0 Å². The first-order chi connectivity index (χ1) is 9.79. The number of hydrogen-bond donors (Lipinski definition) is 1. The minimum atomic E-state index is -0.366. The highest BCUT2D eigenvalue weighted by Crippen LogP contribution is 2.10. The number of nitrogens with one attached hydrogen (secondary N) is 1. The molecule has 1 heterocycles. The van der Waals surface area contributed by atoms with Gasteiger partial charge in [-0.25, -0.2) is 9.78 Å². The second kappa shape index (κ2) is 8.00. The lowest BCUT2D eigenvalue weighted by Crippen LogP contribution is -2.30. The Morgan fingerprint density at radius 1 is 1.29 bits per heavy atom. The SMILES string of the molecule is CC(C)CC(C)OC(=O)NCCc1nc(C(C)C)nn1C. The van der Waals surface area contributed by atoms with E-state index in [1.807, 2.05) is 14.0 Å². The van der Waals surface area contributed by atoms with Crippen molar-refractivity contribution in [3.8, 4) is 0 Å². The van der Waals surface area contributed by atoms with Crippen molar-refractivity contribution in [2.75, 3.05) is 6.54 Å². The smallest absolute Gasteiger partial charge is 0.407 e. The number of carbonyl (C=O) groups excluding carboxylic acids is 1. The van der Waals surface area contributed by atoms with Crippen molar-refractivity contribution in [2.45, 2.75) is 59.5 Å². The molecule has 21 heavy (non-hydrogen) atoms. The van der Waals surface area contributed by atoms with Gasteiger partial charge < -0.3 is 10.1 Å². The largest absolute Gasteiger partial charge is 0.447 e. The molecule has 0 fully saturated rings. The lowest BCUT2D eigenvalue weighted by atomic mass is 10.1. The third-order valence-corrected chi connectivity index (χ3v) is 3.12. The number of amides is 1. The first-order valence-electron chi connectivity index (χ1n) is 7.63. The lowest BCUT2D eigenvalue weighted by Gasteiger charge is -2.15. The third kappa shape index (κ3) is 6.14. The predicted octanol–water partition coefficient (Wildman–Crippen LogP) is 2.64. The summed E-state index contributed by atoms with van der Waals surface area (Å²) < 4.78 is 7.05. The molecule has 0 radical (unpaired) electrons. The van der Waals surface area contributed by atoms with Gasteiger partial charge in [0.25, 0.3) is 0 Å². The Balaban J connectivity index is 2.34. The summed E-state index contributed by atoms with van der Waals surface area (Å²) in [6, 6.07) is 0. The van der Waals surface area contributed by atoms with Crippen LogP contribution in [-0.2, 0) is 18.2 Å². The fourth-order valence-electron chi connectivity index (χ4n) is 2.11. The summed E-state index contributed by atoms with van der Waals surface area (Å²) in [5.41, 5.74) is 0. The first-order valence-corrected chi connectivity index (χ1v) is 7.63. The van der Waals surface area contributed by atoms with Crippen LogP contribution < -0.4 is 5.32 Å². The van der Waals surface area contributed by atoms with Crippen LogP contribution in [0.25, 0.3) is 0 Å². The number of alkyl carbamates (subject to hydrolysis) is 1. The molecule has 0 aliphatic carbocycles. The van der Waals surface area contributed by atoms with E-state index in [1.54, 1.807) is 4.68 Å². The number of aromatic nitrogens is 3. The molecule has 6 nitrogen and oxygen atoms in total. The monoisotopic (exact) mass is 296 g/mol. The van der Waals surface area contributed by atoms with Crippen LogP contribution in [-0.4, -0.2) is 33.5 Å². The fourth-order valence-corrected chi connectivity index (χ4v) is 2.11. The van der Waals surface area contributed by atoms with Crippen LogP contribution in [0, 0.1) is 5.92 Å². The molecule has 1 atom stereocenters. The summed E-state index contributed by atoms with van der Waals surface area (Å²) in [6.45, 7) is 10.8. The maximum absolute atomic E-state index is 11.6. The maximum Gasteiger partial charge on any atom is 0.407 e. The quantitative estimate of drug-likeness (QED) is 0.840. The average Bonchev–Trinajstić information content (AvgIpc) is 2.70. The average molecular weight is 296 g/mol. The zero-order valence-corrected chi connectivity index (χ0v) is 14.0. The number of nitrogens with zero attached hydrogens (tertiary/aromatic N) is 3. The molecule has 1 aromatic rings.